The van der Waals surface area contributed by atoms with Crippen LogP contribution in [0.5, 0.6) is 0 Å². The van der Waals surface area contributed by atoms with Crippen LogP contribution in [0.25, 0.3) is 0 Å². The molecule has 1 rings (SSSR count). The number of hydrogen-bond donors (Lipinski definition) is 3. The molecule has 126 valence electrons. The lowest BCUT2D eigenvalue weighted by Gasteiger charge is -2.29. The second kappa shape index (κ2) is 8.67. The van der Waals surface area contributed by atoms with Crippen LogP contribution < -0.4 is 10.8 Å². The molecule has 0 saturated carbocycles. The Labute approximate surface area is 129 Å². The predicted octanol–water partition coefficient (Wildman–Crippen LogP) is 0.373. The van der Waals surface area contributed by atoms with Gasteiger partial charge in [-0.2, -0.15) is 0 Å². The van der Waals surface area contributed by atoms with Gasteiger partial charge in [-0.1, -0.05) is 19.8 Å². The first kappa shape index (κ1) is 18.3. The monoisotopic (exact) mass is 317 g/mol. The fraction of sp³-hybridized carbons (Fsp3) is 0.786. The van der Waals surface area contributed by atoms with E-state index in [2.05, 4.69) is 5.32 Å². The minimum Gasteiger partial charge on any atom is -0.357 e. The highest BCUT2D eigenvalue weighted by molar-refractivity contribution is 5.92. The molecule has 0 bridgehead atoms. The Kier molecular flexibility index (Phi) is 7.23. The molecule has 3 atom stereocenters. The Bertz CT molecular complexity index is 419. The van der Waals surface area contributed by atoms with Crippen molar-refractivity contribution in [3.05, 3.63) is 0 Å². The van der Waals surface area contributed by atoms with Crippen LogP contribution in [0.3, 0.4) is 0 Å². The molecular weight excluding hydrogens is 293 g/mol. The van der Waals surface area contributed by atoms with Gasteiger partial charge in [0, 0.05) is 13.6 Å². The maximum absolute atomic E-state index is 14.2. The van der Waals surface area contributed by atoms with Gasteiger partial charge in [0.15, 0.2) is 6.17 Å². The van der Waals surface area contributed by atoms with Gasteiger partial charge in [-0.25, -0.2) is 9.87 Å². The van der Waals surface area contributed by atoms with Crippen LogP contribution in [-0.2, 0) is 14.4 Å². The van der Waals surface area contributed by atoms with Crippen molar-refractivity contribution in [1.82, 2.24) is 15.7 Å². The van der Waals surface area contributed by atoms with Gasteiger partial charge < -0.3 is 10.2 Å². The molecule has 1 aliphatic rings. The number of rotatable bonds is 7. The Morgan fingerprint density at radius 2 is 2.09 bits per heavy atom. The highest BCUT2D eigenvalue weighted by Crippen LogP contribution is 2.25. The zero-order valence-corrected chi connectivity index (χ0v) is 13.0. The number of likely N-dealkylation sites (tertiary alicyclic amines) is 1. The minimum absolute atomic E-state index is 0.195. The summed E-state index contributed by atoms with van der Waals surface area (Å²) in [6, 6.07) is -0.619. The van der Waals surface area contributed by atoms with Crippen molar-refractivity contribution in [2.75, 3.05) is 13.6 Å². The third-order valence-electron chi connectivity index (χ3n) is 3.98. The van der Waals surface area contributed by atoms with Crippen molar-refractivity contribution in [3.63, 3.8) is 0 Å². The fourth-order valence-electron chi connectivity index (χ4n) is 2.75. The van der Waals surface area contributed by atoms with Crippen LogP contribution in [0.15, 0.2) is 0 Å². The molecule has 0 radical (unpaired) electrons. The zero-order valence-electron chi connectivity index (χ0n) is 13.0. The van der Waals surface area contributed by atoms with Gasteiger partial charge in [0.05, 0.1) is 5.92 Å². The van der Waals surface area contributed by atoms with E-state index in [4.69, 9.17) is 5.21 Å². The summed E-state index contributed by atoms with van der Waals surface area (Å²) in [5, 5.41) is 11.1. The van der Waals surface area contributed by atoms with E-state index >= 15 is 0 Å². The van der Waals surface area contributed by atoms with E-state index in [0.717, 1.165) is 6.42 Å². The number of hydroxylamine groups is 1. The predicted molar refractivity (Wildman–Crippen MR) is 76.6 cm³/mol. The molecule has 0 spiro atoms. The number of carbonyl (C=O) groups excluding carboxylic acids is 3. The lowest BCUT2D eigenvalue weighted by molar-refractivity contribution is -0.148. The first-order valence-corrected chi connectivity index (χ1v) is 7.58. The average molecular weight is 317 g/mol. The molecule has 3 N–H and O–H groups in total. The van der Waals surface area contributed by atoms with E-state index in [-0.39, 0.29) is 12.3 Å². The second-order valence-electron chi connectivity index (χ2n) is 5.43. The van der Waals surface area contributed by atoms with E-state index < -0.39 is 29.9 Å². The van der Waals surface area contributed by atoms with Gasteiger partial charge in [0.2, 0.25) is 11.8 Å². The smallest absolute Gasteiger partial charge is 0.278 e. The number of likely N-dealkylation sites (N-methyl/N-ethyl adjacent to an activating group) is 1. The number of nitrogens with zero attached hydrogens (tertiary/aromatic N) is 1. The maximum atomic E-state index is 14.2. The number of halogens is 1. The molecule has 1 fully saturated rings. The molecule has 0 aromatic carbocycles. The Hall–Kier alpha value is -1.70. The highest BCUT2D eigenvalue weighted by Gasteiger charge is 2.41. The summed E-state index contributed by atoms with van der Waals surface area (Å²) < 4.78 is 14.2. The average Bonchev–Trinajstić information content (AvgIpc) is 3.02. The van der Waals surface area contributed by atoms with E-state index in [1.165, 1.54) is 17.4 Å². The zero-order chi connectivity index (χ0) is 16.7. The van der Waals surface area contributed by atoms with Gasteiger partial charge in [-0.15, -0.1) is 0 Å². The van der Waals surface area contributed by atoms with Crippen LogP contribution in [0.1, 0.15) is 39.0 Å². The number of alkyl halides is 1. The molecular formula is C14H24FN3O4. The quantitative estimate of drug-likeness (QED) is 0.467. The topological polar surface area (TPSA) is 98.7 Å². The van der Waals surface area contributed by atoms with Crippen molar-refractivity contribution >= 4 is 17.7 Å². The van der Waals surface area contributed by atoms with Crippen molar-refractivity contribution in [1.29, 1.82) is 0 Å². The third-order valence-corrected chi connectivity index (χ3v) is 3.98. The van der Waals surface area contributed by atoms with Crippen LogP contribution >= 0.6 is 0 Å². The molecule has 3 amide bonds. The fourth-order valence-corrected chi connectivity index (χ4v) is 2.75. The van der Waals surface area contributed by atoms with Gasteiger partial charge in [0.25, 0.3) is 5.91 Å². The van der Waals surface area contributed by atoms with Crippen molar-refractivity contribution < 1.29 is 24.0 Å². The molecule has 2 unspecified atom stereocenters. The Morgan fingerprint density at radius 1 is 1.41 bits per heavy atom. The number of nitrogens with one attached hydrogen (secondary N) is 2. The van der Waals surface area contributed by atoms with Crippen LogP contribution in [0.2, 0.25) is 0 Å². The molecule has 7 nitrogen and oxygen atoms in total. The van der Waals surface area contributed by atoms with Crippen molar-refractivity contribution in [3.8, 4) is 0 Å². The Morgan fingerprint density at radius 3 is 2.64 bits per heavy atom. The molecule has 1 saturated heterocycles. The number of unbranched alkanes of at least 4 members (excludes halogenated alkanes) is 1. The number of hydrogen-bond acceptors (Lipinski definition) is 4. The molecule has 0 aliphatic carbocycles. The second-order valence-corrected chi connectivity index (χ2v) is 5.43. The standard InChI is InChI=1S/C14H24FN3O4/c1-3-4-6-9(11(15)13(20)17-22)14(21)18-8-5-7-10(18)12(19)16-2/h9-11,22H,3-8H2,1-2H3,(H,16,19)(H,17,20)/t9?,10?,11-/m1/s1. The van der Waals surface area contributed by atoms with Gasteiger partial charge in [-0.05, 0) is 19.3 Å². The van der Waals surface area contributed by atoms with Crippen molar-refractivity contribution in [2.24, 2.45) is 5.92 Å². The summed E-state index contributed by atoms with van der Waals surface area (Å²) >= 11 is 0. The summed E-state index contributed by atoms with van der Waals surface area (Å²) in [7, 11) is 1.48. The summed E-state index contributed by atoms with van der Waals surface area (Å²) in [6.45, 7) is 2.26. The largest absolute Gasteiger partial charge is 0.357 e. The van der Waals surface area contributed by atoms with Gasteiger partial charge >= 0.3 is 0 Å². The maximum Gasteiger partial charge on any atom is 0.278 e. The summed E-state index contributed by atoms with van der Waals surface area (Å²) in [4.78, 5) is 37.1. The SMILES string of the molecule is CCCCC(C(=O)N1CCCC1C(=O)NC)[C@@H](F)C(=O)NO. The Balaban J connectivity index is 2.90. The summed E-state index contributed by atoms with van der Waals surface area (Å²) in [6.07, 6.45) is 0.572. The van der Waals surface area contributed by atoms with E-state index in [1.807, 2.05) is 6.92 Å². The van der Waals surface area contributed by atoms with Gasteiger partial charge in [-0.3, -0.25) is 19.6 Å². The van der Waals surface area contributed by atoms with Crippen LogP contribution in [0, 0.1) is 5.92 Å². The minimum atomic E-state index is -2.13. The molecule has 1 aliphatic heterocycles. The third kappa shape index (κ3) is 4.16. The molecule has 8 heteroatoms. The molecule has 0 aromatic rings. The van der Waals surface area contributed by atoms with E-state index in [1.54, 1.807) is 0 Å². The lowest BCUT2D eigenvalue weighted by Crippen LogP contribution is -2.50. The van der Waals surface area contributed by atoms with E-state index in [9.17, 15) is 18.8 Å². The van der Waals surface area contributed by atoms with Crippen molar-refractivity contribution in [2.45, 2.75) is 51.2 Å². The van der Waals surface area contributed by atoms with Crippen LogP contribution in [0.4, 0.5) is 4.39 Å². The first-order chi connectivity index (χ1) is 10.5. The normalized spacial score (nSPS) is 20.4. The van der Waals surface area contributed by atoms with Gasteiger partial charge in [0.1, 0.15) is 6.04 Å². The molecule has 22 heavy (non-hydrogen) atoms. The number of carbonyl (C=O) groups is 3. The lowest BCUT2D eigenvalue weighted by atomic mass is 9.94. The van der Waals surface area contributed by atoms with E-state index in [0.29, 0.717) is 25.8 Å². The summed E-state index contributed by atoms with van der Waals surface area (Å²) in [5.41, 5.74) is 1.25. The highest BCUT2D eigenvalue weighted by atomic mass is 19.1. The summed E-state index contributed by atoms with van der Waals surface area (Å²) in [5.74, 6) is -3.25. The van der Waals surface area contributed by atoms with Crippen LogP contribution in [-0.4, -0.2) is 53.6 Å². The number of amides is 3. The molecule has 0 aromatic heterocycles. The first-order valence-electron chi connectivity index (χ1n) is 7.58. The molecule has 1 heterocycles.